The number of carboxylic acids is 1. The minimum atomic E-state index is -0.752. The molecule has 1 N–H and O–H groups in total. The van der Waals surface area contributed by atoms with E-state index >= 15 is 0 Å². The van der Waals surface area contributed by atoms with Gasteiger partial charge in [0.15, 0.2) is 8.68 Å². The van der Waals surface area contributed by atoms with Crippen LogP contribution < -0.4 is 4.74 Å². The quantitative estimate of drug-likeness (QED) is 0.263. The third-order valence-electron chi connectivity index (χ3n) is 3.95. The summed E-state index contributed by atoms with van der Waals surface area (Å²) in [6.45, 7) is 3.01. The maximum absolute atomic E-state index is 10.5. The lowest BCUT2D eigenvalue weighted by Crippen LogP contribution is -1.97. The third-order valence-corrected chi connectivity index (χ3v) is 7.30. The van der Waals surface area contributed by atoms with Gasteiger partial charge in [-0.2, -0.15) is 0 Å². The normalized spacial score (nSPS) is 10.9. The number of carboxylic acid groups (broad SMARTS) is 1. The Labute approximate surface area is 179 Å². The van der Waals surface area contributed by atoms with Gasteiger partial charge in [-0.15, -0.1) is 10.2 Å². The van der Waals surface area contributed by atoms with Gasteiger partial charge >= 0.3 is 5.97 Å². The van der Waals surface area contributed by atoms with Gasteiger partial charge in [-0.25, -0.2) is 0 Å². The van der Waals surface area contributed by atoms with Crippen LogP contribution in [0, 0.1) is 0 Å². The van der Waals surface area contributed by atoms with Crippen LogP contribution in [0.5, 0.6) is 5.75 Å². The highest BCUT2D eigenvalue weighted by Gasteiger charge is 2.07. The van der Waals surface area contributed by atoms with E-state index in [0.29, 0.717) is 6.42 Å². The van der Waals surface area contributed by atoms with Crippen molar-refractivity contribution in [2.45, 2.75) is 66.3 Å². The topological polar surface area (TPSA) is 72.3 Å². The number of rotatable bonds is 15. The Morgan fingerprint density at radius 1 is 1.04 bits per heavy atom. The van der Waals surface area contributed by atoms with Crippen LogP contribution in [-0.4, -0.2) is 33.6 Å². The fourth-order valence-electron chi connectivity index (χ4n) is 2.42. The summed E-state index contributed by atoms with van der Waals surface area (Å²) in [4.78, 5) is 10.5. The molecule has 8 heteroatoms. The highest BCUT2D eigenvalue weighted by atomic mass is 32.2. The van der Waals surface area contributed by atoms with Gasteiger partial charge < -0.3 is 9.84 Å². The third kappa shape index (κ3) is 9.80. The fraction of sp³-hybridized carbons (Fsp3) is 0.550. The number of aliphatic carboxylic acids is 1. The largest absolute Gasteiger partial charge is 0.494 e. The molecule has 0 amide bonds. The average Bonchev–Trinajstić information content (AvgIpc) is 3.15. The zero-order valence-corrected chi connectivity index (χ0v) is 18.7. The van der Waals surface area contributed by atoms with Crippen LogP contribution in [0.3, 0.4) is 0 Å². The molecule has 0 saturated heterocycles. The Bertz CT molecular complexity index is 692. The predicted octanol–water partition coefficient (Wildman–Crippen LogP) is 6.14. The molecule has 0 fully saturated rings. The van der Waals surface area contributed by atoms with E-state index < -0.39 is 5.97 Å². The molecule has 154 valence electrons. The zero-order chi connectivity index (χ0) is 20.0. The molecule has 0 aliphatic heterocycles. The number of carbonyl (C=O) groups is 1. The van der Waals surface area contributed by atoms with Crippen LogP contribution in [0.15, 0.2) is 32.9 Å². The van der Waals surface area contributed by atoms with E-state index in [4.69, 9.17) is 9.84 Å². The second kappa shape index (κ2) is 13.8. The second-order valence-corrected chi connectivity index (χ2v) is 9.92. The molecule has 1 aromatic heterocycles. The van der Waals surface area contributed by atoms with Gasteiger partial charge in [-0.1, -0.05) is 79.6 Å². The van der Waals surface area contributed by atoms with Crippen molar-refractivity contribution in [3.63, 3.8) is 0 Å². The van der Waals surface area contributed by atoms with E-state index in [0.717, 1.165) is 39.0 Å². The zero-order valence-electron chi connectivity index (χ0n) is 16.3. The first-order valence-electron chi connectivity index (χ1n) is 9.70. The summed E-state index contributed by atoms with van der Waals surface area (Å²) >= 11 is 4.81. The van der Waals surface area contributed by atoms with Crippen LogP contribution in [0.2, 0.25) is 0 Å². The first-order valence-corrected chi connectivity index (χ1v) is 12.5. The van der Waals surface area contributed by atoms with Crippen molar-refractivity contribution in [2.75, 3.05) is 12.4 Å². The Hall–Kier alpha value is -1.25. The van der Waals surface area contributed by atoms with Crippen molar-refractivity contribution in [1.82, 2.24) is 10.2 Å². The lowest BCUT2D eigenvalue weighted by atomic mass is 10.2. The molecular weight excluding hydrogens is 412 g/mol. The number of nitrogens with zero attached hydrogens (tertiary/aromatic N) is 2. The van der Waals surface area contributed by atoms with E-state index in [2.05, 4.69) is 29.3 Å². The molecule has 0 bridgehead atoms. The van der Waals surface area contributed by atoms with Crippen LogP contribution in [-0.2, 0) is 10.5 Å². The van der Waals surface area contributed by atoms with Crippen molar-refractivity contribution in [3.05, 3.63) is 29.8 Å². The molecule has 1 aromatic carbocycles. The predicted molar refractivity (Wildman–Crippen MR) is 118 cm³/mol. The summed E-state index contributed by atoms with van der Waals surface area (Å²) in [6, 6.07) is 8.27. The molecule has 28 heavy (non-hydrogen) atoms. The molecule has 0 aliphatic rings. The van der Waals surface area contributed by atoms with Gasteiger partial charge in [0.1, 0.15) is 5.75 Å². The number of aromatic nitrogens is 2. The average molecular weight is 441 g/mol. The van der Waals surface area contributed by atoms with E-state index in [-0.39, 0.29) is 6.42 Å². The number of ether oxygens (including phenoxy) is 1. The number of thioether (sulfide) groups is 2. The summed E-state index contributed by atoms with van der Waals surface area (Å²) in [5.41, 5.74) is 1.23. The maximum atomic E-state index is 10.5. The lowest BCUT2D eigenvalue weighted by molar-refractivity contribution is -0.137. The number of hydrogen-bond donors (Lipinski definition) is 1. The van der Waals surface area contributed by atoms with Crippen LogP contribution in [0.4, 0.5) is 0 Å². The van der Waals surface area contributed by atoms with E-state index in [1.807, 2.05) is 12.1 Å². The van der Waals surface area contributed by atoms with E-state index in [1.165, 1.54) is 31.2 Å². The van der Waals surface area contributed by atoms with Gasteiger partial charge in [-0.3, -0.25) is 4.79 Å². The first-order chi connectivity index (χ1) is 13.7. The molecule has 0 aliphatic carbocycles. The van der Waals surface area contributed by atoms with Gasteiger partial charge in [0, 0.05) is 17.9 Å². The van der Waals surface area contributed by atoms with Crippen molar-refractivity contribution in [3.8, 4) is 5.75 Å². The number of unbranched alkanes of at least 4 members (excludes halogenated alkanes) is 4. The van der Waals surface area contributed by atoms with Crippen molar-refractivity contribution >= 4 is 40.8 Å². The molecule has 0 saturated carbocycles. The Morgan fingerprint density at radius 3 is 2.46 bits per heavy atom. The molecule has 0 atom stereocenters. The van der Waals surface area contributed by atoms with E-state index in [1.54, 1.807) is 34.9 Å². The lowest BCUT2D eigenvalue weighted by Gasteiger charge is -2.07. The Morgan fingerprint density at radius 2 is 1.75 bits per heavy atom. The number of benzene rings is 1. The number of hydrogen-bond acceptors (Lipinski definition) is 7. The summed E-state index contributed by atoms with van der Waals surface area (Å²) in [6.07, 6.45) is 7.08. The molecule has 2 rings (SSSR count). The molecule has 2 aromatic rings. The molecular formula is C20H28N2O3S3. The van der Waals surface area contributed by atoms with Gasteiger partial charge in [0.05, 0.1) is 6.61 Å². The van der Waals surface area contributed by atoms with Crippen molar-refractivity contribution in [2.24, 2.45) is 0 Å². The minimum Gasteiger partial charge on any atom is -0.494 e. The fourth-order valence-corrected chi connectivity index (χ4v) is 5.41. The van der Waals surface area contributed by atoms with Crippen LogP contribution in [0.25, 0.3) is 0 Å². The Balaban J connectivity index is 1.64. The summed E-state index contributed by atoms with van der Waals surface area (Å²) < 4.78 is 7.64. The smallest absolute Gasteiger partial charge is 0.303 e. The highest BCUT2D eigenvalue weighted by Crippen LogP contribution is 2.31. The van der Waals surface area contributed by atoms with Crippen molar-refractivity contribution < 1.29 is 14.6 Å². The van der Waals surface area contributed by atoms with E-state index in [9.17, 15) is 4.79 Å². The summed E-state index contributed by atoms with van der Waals surface area (Å²) in [5, 5.41) is 17.0. The SMILES string of the molecule is CCCCCCCOc1ccc(CSc2nnc(SCCCC(=O)O)s2)cc1. The molecule has 5 nitrogen and oxygen atoms in total. The monoisotopic (exact) mass is 440 g/mol. The minimum absolute atomic E-state index is 0.200. The molecule has 0 unspecified atom stereocenters. The van der Waals surface area contributed by atoms with Gasteiger partial charge in [0.2, 0.25) is 0 Å². The van der Waals surface area contributed by atoms with Crippen LogP contribution in [0.1, 0.15) is 57.4 Å². The second-order valence-electron chi connectivity index (χ2n) is 6.37. The Kier molecular flexibility index (Phi) is 11.4. The first kappa shape index (κ1) is 23.0. The highest BCUT2D eigenvalue weighted by molar-refractivity contribution is 8.02. The molecule has 0 spiro atoms. The van der Waals surface area contributed by atoms with Crippen LogP contribution >= 0.6 is 34.9 Å². The van der Waals surface area contributed by atoms with Gasteiger partial charge in [0.25, 0.3) is 0 Å². The summed E-state index contributed by atoms with van der Waals surface area (Å²) in [5.74, 6) is 1.78. The molecule has 1 heterocycles. The standard InChI is InChI=1S/C20H28N2O3S3/c1-2-3-4-5-6-13-25-17-11-9-16(10-12-17)15-27-20-22-21-19(28-20)26-14-7-8-18(23)24/h9-12H,2-8,13-15H2,1H3,(H,23,24). The van der Waals surface area contributed by atoms with Crippen molar-refractivity contribution in [1.29, 1.82) is 0 Å². The van der Waals surface area contributed by atoms with Gasteiger partial charge in [-0.05, 0) is 30.5 Å². The molecule has 0 radical (unpaired) electrons. The summed E-state index contributed by atoms with van der Waals surface area (Å²) in [7, 11) is 0. The maximum Gasteiger partial charge on any atom is 0.303 e.